The second-order valence-electron chi connectivity index (χ2n) is 6.15. The minimum atomic E-state index is 0.113. The molecule has 132 valence electrons. The predicted molar refractivity (Wildman–Crippen MR) is 98.4 cm³/mol. The summed E-state index contributed by atoms with van der Waals surface area (Å²) in [6.45, 7) is 1.83. The van der Waals surface area contributed by atoms with E-state index in [1.54, 1.807) is 14.2 Å². The lowest BCUT2D eigenvalue weighted by Gasteiger charge is -2.18. The van der Waals surface area contributed by atoms with Gasteiger partial charge in [-0.1, -0.05) is 24.3 Å². The Labute approximate surface area is 148 Å². The van der Waals surface area contributed by atoms with Gasteiger partial charge in [0.25, 0.3) is 0 Å². The summed E-state index contributed by atoms with van der Waals surface area (Å²) < 4.78 is 10.5. The molecule has 5 nitrogen and oxygen atoms in total. The smallest absolute Gasteiger partial charge is 0.241 e. The van der Waals surface area contributed by atoms with Gasteiger partial charge in [0.1, 0.15) is 11.5 Å². The number of benzene rings is 2. The van der Waals surface area contributed by atoms with Gasteiger partial charge in [-0.3, -0.25) is 4.79 Å². The van der Waals surface area contributed by atoms with Gasteiger partial charge >= 0.3 is 0 Å². The molecular formula is C20H24N2O3. The van der Waals surface area contributed by atoms with Crippen LogP contribution in [0.25, 0.3) is 0 Å². The molecule has 1 atom stereocenters. The number of carbonyl (C=O) groups is 1. The highest BCUT2D eigenvalue weighted by molar-refractivity contribution is 5.81. The van der Waals surface area contributed by atoms with E-state index in [2.05, 4.69) is 17.4 Å². The highest BCUT2D eigenvalue weighted by Crippen LogP contribution is 2.29. The number of nitrogens with one attached hydrogen (secondary N) is 1. The van der Waals surface area contributed by atoms with Crippen molar-refractivity contribution in [3.63, 3.8) is 0 Å². The van der Waals surface area contributed by atoms with E-state index in [1.807, 2.05) is 41.3 Å². The van der Waals surface area contributed by atoms with E-state index in [-0.39, 0.29) is 12.5 Å². The minimum Gasteiger partial charge on any atom is -0.497 e. The van der Waals surface area contributed by atoms with Crippen molar-refractivity contribution in [1.29, 1.82) is 0 Å². The molecular weight excluding hydrogens is 316 g/mol. The second kappa shape index (κ2) is 7.92. The van der Waals surface area contributed by atoms with Crippen LogP contribution in [0, 0.1) is 0 Å². The van der Waals surface area contributed by atoms with Gasteiger partial charge in [-0.25, -0.2) is 0 Å². The molecule has 0 spiro atoms. The lowest BCUT2D eigenvalue weighted by Crippen LogP contribution is -2.33. The first-order valence-corrected chi connectivity index (χ1v) is 8.50. The van der Waals surface area contributed by atoms with Crippen LogP contribution in [0.4, 0.5) is 5.69 Å². The zero-order valence-electron chi connectivity index (χ0n) is 14.7. The van der Waals surface area contributed by atoms with Gasteiger partial charge in [0.15, 0.2) is 0 Å². The van der Waals surface area contributed by atoms with E-state index in [9.17, 15) is 4.79 Å². The molecule has 25 heavy (non-hydrogen) atoms. The number of rotatable bonds is 6. The van der Waals surface area contributed by atoms with Crippen molar-refractivity contribution in [3.8, 4) is 11.5 Å². The second-order valence-corrected chi connectivity index (χ2v) is 6.15. The maximum absolute atomic E-state index is 12.5. The van der Waals surface area contributed by atoms with E-state index in [0.29, 0.717) is 5.92 Å². The summed E-state index contributed by atoms with van der Waals surface area (Å²) in [5.74, 6) is 2.10. The highest BCUT2D eigenvalue weighted by Gasteiger charge is 2.27. The van der Waals surface area contributed by atoms with Crippen LogP contribution in [-0.4, -0.2) is 44.7 Å². The maximum Gasteiger partial charge on any atom is 0.241 e. The Bertz CT molecular complexity index is 715. The van der Waals surface area contributed by atoms with Crippen LogP contribution in [0.2, 0.25) is 0 Å². The zero-order chi connectivity index (χ0) is 17.6. The number of carbonyl (C=O) groups excluding carboxylic acids is 1. The Morgan fingerprint density at radius 2 is 1.88 bits per heavy atom. The Hall–Kier alpha value is -2.69. The average Bonchev–Trinajstić information content (AvgIpc) is 3.16. The monoisotopic (exact) mass is 340 g/mol. The molecule has 0 aliphatic carbocycles. The van der Waals surface area contributed by atoms with Crippen molar-refractivity contribution in [1.82, 2.24) is 4.90 Å². The van der Waals surface area contributed by atoms with Crippen LogP contribution in [0.3, 0.4) is 0 Å². The average molecular weight is 340 g/mol. The van der Waals surface area contributed by atoms with Crippen molar-refractivity contribution < 1.29 is 14.3 Å². The summed E-state index contributed by atoms with van der Waals surface area (Å²) in [5.41, 5.74) is 2.10. The maximum atomic E-state index is 12.5. The molecule has 1 unspecified atom stereocenters. The number of amides is 1. The summed E-state index contributed by atoms with van der Waals surface area (Å²) in [6.07, 6.45) is 0.993. The van der Waals surface area contributed by atoms with Crippen molar-refractivity contribution in [2.45, 2.75) is 12.3 Å². The molecule has 5 heteroatoms. The molecule has 0 radical (unpaired) electrons. The minimum absolute atomic E-state index is 0.113. The quantitative estimate of drug-likeness (QED) is 0.878. The molecule has 1 aliphatic heterocycles. The SMILES string of the molecule is COc1ccc(C2CCN(C(=O)CNc3ccccc3OC)C2)cc1. The Kier molecular flexibility index (Phi) is 5.43. The standard InChI is InChI=1S/C20H24N2O3/c1-24-17-9-7-15(8-10-17)16-11-12-22(14-16)20(23)13-21-18-5-3-4-6-19(18)25-2/h3-10,16,21H,11-14H2,1-2H3. The van der Waals surface area contributed by atoms with Crippen LogP contribution >= 0.6 is 0 Å². The number of nitrogens with zero attached hydrogens (tertiary/aromatic N) is 1. The molecule has 1 amide bonds. The molecule has 2 aromatic carbocycles. The predicted octanol–water partition coefficient (Wildman–Crippen LogP) is 3.13. The number of hydrogen-bond donors (Lipinski definition) is 1. The van der Waals surface area contributed by atoms with Gasteiger partial charge in [-0.05, 0) is 36.2 Å². The molecule has 1 heterocycles. The Balaban J connectivity index is 1.55. The first kappa shape index (κ1) is 17.1. The van der Waals surface area contributed by atoms with Crippen molar-refractivity contribution in [2.24, 2.45) is 0 Å². The molecule has 1 aliphatic rings. The summed E-state index contributed by atoms with van der Waals surface area (Å²) in [6, 6.07) is 15.7. The summed E-state index contributed by atoms with van der Waals surface area (Å²) >= 11 is 0. The lowest BCUT2D eigenvalue weighted by molar-refractivity contribution is -0.128. The topological polar surface area (TPSA) is 50.8 Å². The zero-order valence-corrected chi connectivity index (χ0v) is 14.7. The van der Waals surface area contributed by atoms with Crippen LogP contribution in [-0.2, 0) is 4.79 Å². The molecule has 3 rings (SSSR count). The molecule has 1 fully saturated rings. The number of methoxy groups -OCH3 is 2. The largest absolute Gasteiger partial charge is 0.497 e. The van der Waals surface area contributed by atoms with Crippen molar-refractivity contribution in [3.05, 3.63) is 54.1 Å². The van der Waals surface area contributed by atoms with E-state index in [4.69, 9.17) is 9.47 Å². The van der Waals surface area contributed by atoms with Gasteiger partial charge in [0.05, 0.1) is 26.5 Å². The van der Waals surface area contributed by atoms with Crippen LogP contribution in [0.15, 0.2) is 48.5 Å². The van der Waals surface area contributed by atoms with E-state index in [1.165, 1.54) is 5.56 Å². The van der Waals surface area contributed by atoms with Gasteiger partial charge in [-0.2, -0.15) is 0 Å². The van der Waals surface area contributed by atoms with Gasteiger partial charge in [0, 0.05) is 19.0 Å². The van der Waals surface area contributed by atoms with E-state index in [0.717, 1.165) is 36.7 Å². The van der Waals surface area contributed by atoms with Gasteiger partial charge in [0.2, 0.25) is 5.91 Å². The number of likely N-dealkylation sites (tertiary alicyclic amines) is 1. The van der Waals surface area contributed by atoms with E-state index >= 15 is 0 Å². The van der Waals surface area contributed by atoms with Crippen LogP contribution < -0.4 is 14.8 Å². The van der Waals surface area contributed by atoms with Gasteiger partial charge in [-0.15, -0.1) is 0 Å². The summed E-state index contributed by atoms with van der Waals surface area (Å²) in [7, 11) is 3.29. The van der Waals surface area contributed by atoms with E-state index < -0.39 is 0 Å². The number of para-hydroxylation sites is 2. The molecule has 0 bridgehead atoms. The first-order chi connectivity index (χ1) is 12.2. The summed E-state index contributed by atoms with van der Waals surface area (Å²) in [5, 5.41) is 3.18. The van der Waals surface area contributed by atoms with Crippen molar-refractivity contribution >= 4 is 11.6 Å². The third-order valence-corrected chi connectivity index (χ3v) is 4.67. The number of ether oxygens (including phenoxy) is 2. The normalized spacial score (nSPS) is 16.6. The fourth-order valence-corrected chi connectivity index (χ4v) is 3.21. The third-order valence-electron chi connectivity index (χ3n) is 4.67. The van der Waals surface area contributed by atoms with Crippen LogP contribution in [0.1, 0.15) is 17.9 Å². The number of hydrogen-bond acceptors (Lipinski definition) is 4. The first-order valence-electron chi connectivity index (χ1n) is 8.50. The highest BCUT2D eigenvalue weighted by atomic mass is 16.5. The fourth-order valence-electron chi connectivity index (χ4n) is 3.21. The lowest BCUT2D eigenvalue weighted by atomic mass is 9.98. The third kappa shape index (κ3) is 4.05. The number of anilines is 1. The molecule has 2 aromatic rings. The molecule has 0 saturated carbocycles. The Morgan fingerprint density at radius 1 is 1.12 bits per heavy atom. The molecule has 1 N–H and O–H groups in total. The molecule has 1 saturated heterocycles. The summed E-state index contributed by atoms with van der Waals surface area (Å²) in [4.78, 5) is 14.4. The van der Waals surface area contributed by atoms with Crippen LogP contribution in [0.5, 0.6) is 11.5 Å². The van der Waals surface area contributed by atoms with Gasteiger partial charge < -0.3 is 19.7 Å². The fraction of sp³-hybridized carbons (Fsp3) is 0.350. The molecule has 0 aromatic heterocycles. The Morgan fingerprint density at radius 3 is 2.60 bits per heavy atom. The van der Waals surface area contributed by atoms with Crippen molar-refractivity contribution in [2.75, 3.05) is 39.2 Å².